The number of benzene rings is 2. The van der Waals surface area contributed by atoms with Crippen LogP contribution in [0.15, 0.2) is 67.0 Å². The number of fused-ring (bicyclic) bond motifs is 2. The maximum absolute atomic E-state index is 13.7. The highest BCUT2D eigenvalue weighted by atomic mass is 32.1. The molecule has 0 unspecified atom stereocenters. The summed E-state index contributed by atoms with van der Waals surface area (Å²) in [5.41, 5.74) is 2.64. The highest BCUT2D eigenvalue weighted by molar-refractivity contribution is 7.20. The molecule has 3 atom stereocenters. The van der Waals surface area contributed by atoms with E-state index in [9.17, 15) is 14.7 Å². The van der Waals surface area contributed by atoms with Crippen LogP contribution in [-0.4, -0.2) is 75.6 Å². The van der Waals surface area contributed by atoms with Crippen LogP contribution in [-0.2, 0) is 6.54 Å². The summed E-state index contributed by atoms with van der Waals surface area (Å²) in [5, 5.41) is 13.2. The highest BCUT2D eigenvalue weighted by Gasteiger charge is 2.34. The van der Waals surface area contributed by atoms with Crippen LogP contribution in [0.3, 0.4) is 0 Å². The summed E-state index contributed by atoms with van der Waals surface area (Å²) in [6.45, 7) is 5.43. The molecule has 0 bridgehead atoms. The zero-order valence-corrected chi connectivity index (χ0v) is 23.6. The molecule has 0 spiro atoms. The quantitative estimate of drug-likeness (QED) is 0.332. The van der Waals surface area contributed by atoms with Gasteiger partial charge in [0, 0.05) is 37.9 Å². The van der Waals surface area contributed by atoms with Gasteiger partial charge in [-0.25, -0.2) is 4.98 Å². The van der Waals surface area contributed by atoms with Crippen LogP contribution in [0.2, 0.25) is 0 Å². The number of thiazole rings is 1. The number of anilines is 1. The first kappa shape index (κ1) is 27.7. The number of carbonyl (C=O) groups is 2. The van der Waals surface area contributed by atoms with Gasteiger partial charge in [0.1, 0.15) is 6.10 Å². The van der Waals surface area contributed by atoms with Crippen molar-refractivity contribution in [1.82, 2.24) is 19.8 Å². The Labute approximate surface area is 237 Å². The minimum absolute atomic E-state index is 0.0565. The van der Waals surface area contributed by atoms with E-state index >= 15 is 0 Å². The van der Waals surface area contributed by atoms with E-state index in [1.165, 1.54) is 11.3 Å². The lowest BCUT2D eigenvalue weighted by atomic mass is 9.99. The summed E-state index contributed by atoms with van der Waals surface area (Å²) in [5.74, 6) is -0.347. The number of hydrogen-bond acceptors (Lipinski definition) is 8. The van der Waals surface area contributed by atoms with Gasteiger partial charge in [0.2, 0.25) is 0 Å². The minimum Gasteiger partial charge on any atom is -0.486 e. The average Bonchev–Trinajstić information content (AvgIpc) is 3.40. The normalized spacial score (nSPS) is 18.1. The molecule has 1 aliphatic heterocycles. The summed E-state index contributed by atoms with van der Waals surface area (Å²) in [7, 11) is 2.02. The standard InChI is InChI=1S/C30H33N5O4S/c1-19-15-35(20(2)18-36)30(38)22-7-6-9-24(32-28(37)29-33-23-8-4-5-10-26(23)40-29)27(22)39-25(19)17-34(3)16-21-11-13-31-14-12-21/h4-14,19-20,25,36H,15-18H2,1-3H3,(H,32,37)/t19-,20-,25-/m0/s1. The first-order chi connectivity index (χ1) is 19.3. The van der Waals surface area contributed by atoms with Crippen molar-refractivity contribution in [3.8, 4) is 5.75 Å². The van der Waals surface area contributed by atoms with Crippen LogP contribution in [0.25, 0.3) is 10.2 Å². The van der Waals surface area contributed by atoms with Crippen LogP contribution >= 0.6 is 11.3 Å². The van der Waals surface area contributed by atoms with E-state index in [0.29, 0.717) is 41.6 Å². The van der Waals surface area contributed by atoms with Crippen molar-refractivity contribution in [1.29, 1.82) is 0 Å². The van der Waals surface area contributed by atoms with Gasteiger partial charge >= 0.3 is 0 Å². The van der Waals surface area contributed by atoms with Crippen molar-refractivity contribution in [2.45, 2.75) is 32.5 Å². The van der Waals surface area contributed by atoms with Crippen molar-refractivity contribution < 1.29 is 19.4 Å². The highest BCUT2D eigenvalue weighted by Crippen LogP contribution is 2.35. The number of amides is 2. The number of nitrogens with one attached hydrogen (secondary N) is 1. The molecule has 3 heterocycles. The van der Waals surface area contributed by atoms with Crippen LogP contribution in [0, 0.1) is 5.92 Å². The van der Waals surface area contributed by atoms with E-state index in [4.69, 9.17) is 4.74 Å². The number of ether oxygens (including phenoxy) is 1. The number of carbonyl (C=O) groups excluding carboxylic acids is 2. The summed E-state index contributed by atoms with van der Waals surface area (Å²) in [4.78, 5) is 39.5. The molecular formula is C30H33N5O4S. The molecule has 40 heavy (non-hydrogen) atoms. The number of nitrogens with zero attached hydrogens (tertiary/aromatic N) is 4. The number of pyridine rings is 1. The second-order valence-corrected chi connectivity index (χ2v) is 11.3. The SMILES string of the molecule is C[C@H]1CN([C@@H](C)CO)C(=O)c2cccc(NC(=O)c3nc4ccccc4s3)c2O[C@H]1CN(C)Cc1ccncc1. The molecule has 208 valence electrons. The van der Waals surface area contributed by atoms with Crippen LogP contribution in [0.5, 0.6) is 5.75 Å². The van der Waals surface area contributed by atoms with Crippen molar-refractivity contribution in [3.63, 3.8) is 0 Å². The topological polar surface area (TPSA) is 108 Å². The molecule has 0 saturated heterocycles. The van der Waals surface area contributed by atoms with Gasteiger partial charge < -0.3 is 20.1 Å². The van der Waals surface area contributed by atoms with E-state index in [2.05, 4.69) is 20.2 Å². The Hall–Kier alpha value is -3.86. The maximum Gasteiger partial charge on any atom is 0.284 e. The van der Waals surface area contributed by atoms with Gasteiger partial charge in [0.25, 0.3) is 11.8 Å². The number of hydrogen-bond donors (Lipinski definition) is 2. The molecule has 2 aromatic heterocycles. The Balaban J connectivity index is 1.47. The summed E-state index contributed by atoms with van der Waals surface area (Å²) in [6, 6.07) is 16.3. The minimum atomic E-state index is -0.378. The monoisotopic (exact) mass is 559 g/mol. The number of para-hydroxylation sites is 2. The van der Waals surface area contributed by atoms with Gasteiger partial charge in [-0.3, -0.25) is 19.5 Å². The van der Waals surface area contributed by atoms with Crippen molar-refractivity contribution >= 4 is 39.1 Å². The lowest BCUT2D eigenvalue weighted by Gasteiger charge is -2.38. The zero-order valence-electron chi connectivity index (χ0n) is 22.8. The molecule has 1 aliphatic rings. The van der Waals surface area contributed by atoms with Crippen LogP contribution in [0.4, 0.5) is 5.69 Å². The molecule has 2 amide bonds. The fourth-order valence-electron chi connectivity index (χ4n) is 4.88. The number of rotatable bonds is 8. The van der Waals surface area contributed by atoms with Crippen LogP contribution < -0.4 is 10.1 Å². The maximum atomic E-state index is 13.7. The van der Waals surface area contributed by atoms with Gasteiger partial charge in [-0.1, -0.05) is 25.1 Å². The fraction of sp³-hybridized carbons (Fsp3) is 0.333. The Morgan fingerprint density at radius 1 is 1.20 bits per heavy atom. The summed E-state index contributed by atoms with van der Waals surface area (Å²) in [6.07, 6.45) is 3.25. The van der Waals surface area contributed by atoms with Gasteiger partial charge in [-0.2, -0.15) is 0 Å². The molecule has 0 aliphatic carbocycles. The molecule has 2 aromatic carbocycles. The molecule has 0 saturated carbocycles. The smallest absolute Gasteiger partial charge is 0.284 e. The third-order valence-electron chi connectivity index (χ3n) is 7.12. The predicted molar refractivity (Wildman–Crippen MR) is 156 cm³/mol. The first-order valence-electron chi connectivity index (χ1n) is 13.3. The largest absolute Gasteiger partial charge is 0.486 e. The molecule has 4 aromatic rings. The number of aliphatic hydroxyl groups excluding tert-OH is 1. The van der Waals surface area contributed by atoms with Gasteiger partial charge in [0.15, 0.2) is 10.8 Å². The second-order valence-electron chi connectivity index (χ2n) is 10.3. The molecule has 0 radical (unpaired) electrons. The molecule has 5 rings (SSSR count). The van der Waals surface area contributed by atoms with E-state index in [0.717, 1.165) is 15.8 Å². The Bertz CT molecular complexity index is 1460. The molecule has 10 heteroatoms. The third-order valence-corrected chi connectivity index (χ3v) is 8.16. The van der Waals surface area contributed by atoms with Gasteiger partial charge in [-0.05, 0) is 55.9 Å². The van der Waals surface area contributed by atoms with Crippen molar-refractivity contribution in [3.05, 3.63) is 83.1 Å². The lowest BCUT2D eigenvalue weighted by Crippen LogP contribution is -2.49. The summed E-state index contributed by atoms with van der Waals surface area (Å²) < 4.78 is 7.54. The first-order valence-corrected chi connectivity index (χ1v) is 14.1. The number of likely N-dealkylation sites (N-methyl/N-ethyl adjacent to an activating group) is 1. The molecule has 0 fully saturated rings. The Morgan fingerprint density at radius 3 is 2.73 bits per heavy atom. The third kappa shape index (κ3) is 5.99. The van der Waals surface area contributed by atoms with Gasteiger partial charge in [-0.15, -0.1) is 11.3 Å². The van der Waals surface area contributed by atoms with E-state index in [1.807, 2.05) is 57.3 Å². The van der Waals surface area contributed by atoms with E-state index in [1.54, 1.807) is 35.5 Å². The molecule has 2 N–H and O–H groups in total. The van der Waals surface area contributed by atoms with Crippen molar-refractivity contribution in [2.75, 3.05) is 32.1 Å². The zero-order chi connectivity index (χ0) is 28.2. The Kier molecular flexibility index (Phi) is 8.39. The molecule has 9 nitrogen and oxygen atoms in total. The Morgan fingerprint density at radius 2 is 1.98 bits per heavy atom. The predicted octanol–water partition coefficient (Wildman–Crippen LogP) is 4.30. The lowest BCUT2D eigenvalue weighted by molar-refractivity contribution is 0.0343. The average molecular weight is 560 g/mol. The van der Waals surface area contributed by atoms with E-state index in [-0.39, 0.29) is 36.5 Å². The number of aromatic nitrogens is 2. The van der Waals surface area contributed by atoms with Crippen LogP contribution in [0.1, 0.15) is 39.6 Å². The second kappa shape index (κ2) is 12.1. The van der Waals surface area contributed by atoms with Gasteiger partial charge in [0.05, 0.1) is 34.1 Å². The number of aliphatic hydroxyl groups is 1. The van der Waals surface area contributed by atoms with Crippen molar-refractivity contribution in [2.24, 2.45) is 5.92 Å². The summed E-state index contributed by atoms with van der Waals surface area (Å²) >= 11 is 1.31. The van der Waals surface area contributed by atoms with E-state index < -0.39 is 0 Å². The molecular weight excluding hydrogens is 526 g/mol. The fourth-order valence-corrected chi connectivity index (χ4v) is 5.74.